The molecule has 0 aliphatic carbocycles. The summed E-state index contributed by atoms with van der Waals surface area (Å²) in [4.78, 5) is 24.1. The lowest BCUT2D eigenvalue weighted by Gasteiger charge is -2.15. The maximum absolute atomic E-state index is 12.1. The van der Waals surface area contributed by atoms with E-state index in [4.69, 9.17) is 4.74 Å². The lowest BCUT2D eigenvalue weighted by molar-refractivity contribution is -0.116. The van der Waals surface area contributed by atoms with Crippen LogP contribution in [0.2, 0.25) is 0 Å². The maximum atomic E-state index is 12.1. The standard InChI is InChI=1S/C16H20N2O3S/c1-3-11(2)17-15(19)12-5-4-6-13(9-12)18-16(20)14-10-22-8-7-21-14/h4-6,9-11H,3,7-8H2,1-2H3,(H,17,19)(H,18,20)/t11-/m0/s1. The van der Waals surface area contributed by atoms with E-state index in [1.54, 1.807) is 41.4 Å². The Hall–Kier alpha value is -1.95. The molecule has 0 saturated heterocycles. The number of carbonyl (C=O) groups excluding carboxylic acids is 2. The van der Waals surface area contributed by atoms with Gasteiger partial charge in [-0.2, -0.15) is 0 Å². The minimum absolute atomic E-state index is 0.114. The van der Waals surface area contributed by atoms with Crippen molar-refractivity contribution in [1.82, 2.24) is 5.32 Å². The SMILES string of the molecule is CC[C@H](C)NC(=O)c1cccc(NC(=O)C2=CSCCO2)c1. The molecule has 1 aromatic rings. The highest BCUT2D eigenvalue weighted by Gasteiger charge is 2.15. The number of hydrogen-bond donors (Lipinski definition) is 2. The molecule has 6 heteroatoms. The van der Waals surface area contributed by atoms with E-state index in [1.807, 2.05) is 13.8 Å². The average Bonchev–Trinajstić information content (AvgIpc) is 2.55. The zero-order valence-electron chi connectivity index (χ0n) is 12.7. The molecule has 0 spiro atoms. The topological polar surface area (TPSA) is 67.4 Å². The number of benzene rings is 1. The van der Waals surface area contributed by atoms with Gasteiger partial charge in [0.2, 0.25) is 0 Å². The molecule has 0 bridgehead atoms. The van der Waals surface area contributed by atoms with Gasteiger partial charge in [-0.05, 0) is 31.5 Å². The molecule has 2 N–H and O–H groups in total. The molecule has 1 atom stereocenters. The van der Waals surface area contributed by atoms with Crippen molar-refractivity contribution in [2.45, 2.75) is 26.3 Å². The van der Waals surface area contributed by atoms with Crippen molar-refractivity contribution in [2.75, 3.05) is 17.7 Å². The first-order valence-electron chi connectivity index (χ1n) is 7.27. The van der Waals surface area contributed by atoms with Gasteiger partial charge < -0.3 is 15.4 Å². The summed E-state index contributed by atoms with van der Waals surface area (Å²) < 4.78 is 5.31. The smallest absolute Gasteiger partial charge is 0.291 e. The van der Waals surface area contributed by atoms with E-state index in [0.29, 0.717) is 23.6 Å². The number of ether oxygens (including phenoxy) is 1. The number of thioether (sulfide) groups is 1. The summed E-state index contributed by atoms with van der Waals surface area (Å²) >= 11 is 1.55. The molecule has 0 unspecified atom stereocenters. The molecule has 2 amide bonds. The van der Waals surface area contributed by atoms with Crippen LogP contribution in [-0.2, 0) is 9.53 Å². The third-order valence-electron chi connectivity index (χ3n) is 3.25. The van der Waals surface area contributed by atoms with Gasteiger partial charge in [0.15, 0.2) is 5.76 Å². The Labute approximate surface area is 134 Å². The summed E-state index contributed by atoms with van der Waals surface area (Å²) in [6, 6.07) is 6.98. The van der Waals surface area contributed by atoms with Crippen LogP contribution in [0.25, 0.3) is 0 Å². The second-order valence-corrected chi connectivity index (χ2v) is 6.00. The van der Waals surface area contributed by atoms with Crippen molar-refractivity contribution < 1.29 is 14.3 Å². The Kier molecular flexibility index (Phi) is 5.89. The molecule has 1 aliphatic rings. The van der Waals surface area contributed by atoms with Crippen LogP contribution in [0, 0.1) is 0 Å². The summed E-state index contributed by atoms with van der Waals surface area (Å²) in [5.74, 6) is 0.716. The molecule has 1 heterocycles. The van der Waals surface area contributed by atoms with Crippen LogP contribution in [0.4, 0.5) is 5.69 Å². The van der Waals surface area contributed by atoms with Gasteiger partial charge in [0, 0.05) is 28.5 Å². The summed E-state index contributed by atoms with van der Waals surface area (Å²) in [6.07, 6.45) is 0.866. The lowest BCUT2D eigenvalue weighted by atomic mass is 10.1. The summed E-state index contributed by atoms with van der Waals surface area (Å²) in [6.45, 7) is 4.49. The van der Waals surface area contributed by atoms with Gasteiger partial charge >= 0.3 is 0 Å². The highest BCUT2D eigenvalue weighted by atomic mass is 32.2. The van der Waals surface area contributed by atoms with Gasteiger partial charge in [-0.3, -0.25) is 9.59 Å². The van der Waals surface area contributed by atoms with E-state index < -0.39 is 0 Å². The van der Waals surface area contributed by atoms with Gasteiger partial charge in [0.05, 0.1) is 6.61 Å². The summed E-state index contributed by atoms with van der Waals surface area (Å²) in [5, 5.41) is 7.35. The first-order chi connectivity index (χ1) is 10.6. The van der Waals surface area contributed by atoms with Crippen LogP contribution in [-0.4, -0.2) is 30.2 Å². The molecule has 0 radical (unpaired) electrons. The van der Waals surface area contributed by atoms with Gasteiger partial charge in [0.25, 0.3) is 11.8 Å². The third kappa shape index (κ3) is 4.53. The zero-order valence-corrected chi connectivity index (χ0v) is 13.5. The first-order valence-corrected chi connectivity index (χ1v) is 8.32. The van der Waals surface area contributed by atoms with Crippen molar-refractivity contribution >= 4 is 29.3 Å². The number of anilines is 1. The lowest BCUT2D eigenvalue weighted by Crippen LogP contribution is -2.31. The molecule has 0 saturated carbocycles. The number of nitrogens with one attached hydrogen (secondary N) is 2. The predicted octanol–water partition coefficient (Wildman–Crippen LogP) is 2.76. The van der Waals surface area contributed by atoms with Gasteiger partial charge in [-0.15, -0.1) is 11.8 Å². The second kappa shape index (κ2) is 7.89. The summed E-state index contributed by atoms with van der Waals surface area (Å²) in [7, 11) is 0. The minimum atomic E-state index is -0.299. The van der Waals surface area contributed by atoms with Crippen LogP contribution in [0.1, 0.15) is 30.6 Å². The van der Waals surface area contributed by atoms with E-state index in [9.17, 15) is 9.59 Å². The third-order valence-corrected chi connectivity index (χ3v) is 4.03. The number of hydrogen-bond acceptors (Lipinski definition) is 4. The average molecular weight is 320 g/mol. The molecule has 1 aliphatic heterocycles. The Bertz CT molecular complexity index is 587. The zero-order chi connectivity index (χ0) is 15.9. The molecule has 0 fully saturated rings. The first kappa shape index (κ1) is 16.4. The fourth-order valence-corrected chi connectivity index (χ4v) is 2.45. The van der Waals surface area contributed by atoms with Gasteiger partial charge in [-0.1, -0.05) is 13.0 Å². The largest absolute Gasteiger partial charge is 0.487 e. The molecular formula is C16H20N2O3S. The normalized spacial score (nSPS) is 15.3. The fourth-order valence-electron chi connectivity index (χ4n) is 1.83. The quantitative estimate of drug-likeness (QED) is 0.875. The highest BCUT2D eigenvalue weighted by Crippen LogP contribution is 2.18. The van der Waals surface area contributed by atoms with Crippen LogP contribution in [0.3, 0.4) is 0 Å². The van der Waals surface area contributed by atoms with E-state index in [1.165, 1.54) is 0 Å². The Morgan fingerprint density at radius 1 is 1.36 bits per heavy atom. The predicted molar refractivity (Wildman–Crippen MR) is 88.8 cm³/mol. The molecule has 118 valence electrons. The van der Waals surface area contributed by atoms with Crippen molar-refractivity contribution in [3.63, 3.8) is 0 Å². The van der Waals surface area contributed by atoms with E-state index in [0.717, 1.165) is 12.2 Å². The number of amides is 2. The van der Waals surface area contributed by atoms with Gasteiger partial charge in [0.1, 0.15) is 0 Å². The van der Waals surface area contributed by atoms with Crippen molar-refractivity contribution in [3.8, 4) is 0 Å². The van der Waals surface area contributed by atoms with Gasteiger partial charge in [-0.25, -0.2) is 0 Å². The Balaban J connectivity index is 2.03. The highest BCUT2D eigenvalue weighted by molar-refractivity contribution is 8.02. The molecule has 22 heavy (non-hydrogen) atoms. The van der Waals surface area contributed by atoms with Crippen molar-refractivity contribution in [1.29, 1.82) is 0 Å². The number of carbonyl (C=O) groups is 2. The minimum Gasteiger partial charge on any atom is -0.487 e. The number of rotatable bonds is 5. The van der Waals surface area contributed by atoms with Crippen LogP contribution in [0.5, 0.6) is 0 Å². The Morgan fingerprint density at radius 3 is 2.86 bits per heavy atom. The second-order valence-electron chi connectivity index (χ2n) is 5.02. The van der Waals surface area contributed by atoms with E-state index >= 15 is 0 Å². The van der Waals surface area contributed by atoms with Crippen molar-refractivity contribution in [3.05, 3.63) is 41.0 Å². The molecule has 0 aromatic heterocycles. The molecule has 2 rings (SSSR count). The maximum Gasteiger partial charge on any atom is 0.291 e. The van der Waals surface area contributed by atoms with Crippen LogP contribution < -0.4 is 10.6 Å². The Morgan fingerprint density at radius 2 is 2.18 bits per heavy atom. The molecule has 5 nitrogen and oxygen atoms in total. The molecule has 1 aromatic carbocycles. The van der Waals surface area contributed by atoms with Crippen molar-refractivity contribution in [2.24, 2.45) is 0 Å². The van der Waals surface area contributed by atoms with E-state index in [2.05, 4.69) is 10.6 Å². The van der Waals surface area contributed by atoms with Crippen LogP contribution in [0.15, 0.2) is 35.4 Å². The van der Waals surface area contributed by atoms with E-state index in [-0.39, 0.29) is 17.9 Å². The summed E-state index contributed by atoms with van der Waals surface area (Å²) in [5.41, 5.74) is 1.09. The monoisotopic (exact) mass is 320 g/mol. The van der Waals surface area contributed by atoms with Crippen LogP contribution >= 0.6 is 11.8 Å². The fraction of sp³-hybridized carbons (Fsp3) is 0.375. The molecular weight excluding hydrogens is 300 g/mol.